The van der Waals surface area contributed by atoms with E-state index in [1.807, 2.05) is 16.7 Å². The first kappa shape index (κ1) is 22.1. The summed E-state index contributed by atoms with van der Waals surface area (Å²) >= 11 is 6.05. The molecule has 0 radical (unpaired) electrons. The van der Waals surface area contributed by atoms with Gasteiger partial charge in [-0.15, -0.1) is 0 Å². The van der Waals surface area contributed by atoms with Crippen molar-refractivity contribution in [3.63, 3.8) is 0 Å². The van der Waals surface area contributed by atoms with E-state index in [4.69, 9.17) is 11.6 Å². The zero-order valence-corrected chi connectivity index (χ0v) is 18.0. The van der Waals surface area contributed by atoms with Gasteiger partial charge in [0.1, 0.15) is 11.4 Å². The Morgan fingerprint density at radius 3 is 2.55 bits per heavy atom. The molecule has 3 aliphatic rings. The number of alkyl halides is 3. The number of piperazine rings is 1. The maximum Gasteiger partial charge on any atom is 0.417 e. The summed E-state index contributed by atoms with van der Waals surface area (Å²) in [6, 6.07) is 0.530. The molecule has 7 nitrogen and oxygen atoms in total. The molecule has 1 N–H and O–H groups in total. The fourth-order valence-electron chi connectivity index (χ4n) is 4.74. The van der Waals surface area contributed by atoms with E-state index in [2.05, 4.69) is 10.3 Å². The summed E-state index contributed by atoms with van der Waals surface area (Å²) in [7, 11) is 0. The lowest BCUT2D eigenvalue weighted by Crippen LogP contribution is -2.55. The Hall–Kier alpha value is -2.07. The molecule has 0 bridgehead atoms. The fourth-order valence-corrected chi connectivity index (χ4v) is 5.03. The van der Waals surface area contributed by atoms with Gasteiger partial charge < -0.3 is 10.2 Å². The Bertz CT molecular complexity index is 875. The second-order valence-electron chi connectivity index (χ2n) is 8.56. The van der Waals surface area contributed by atoms with Crippen LogP contribution in [0, 0.1) is 5.92 Å². The van der Waals surface area contributed by atoms with E-state index in [1.54, 1.807) is 0 Å². The number of aromatic nitrogens is 1. The van der Waals surface area contributed by atoms with E-state index in [1.165, 1.54) is 4.90 Å². The lowest BCUT2D eigenvalue weighted by atomic mass is 9.73. The van der Waals surface area contributed by atoms with Crippen molar-refractivity contribution in [2.75, 3.05) is 37.7 Å². The molecule has 1 spiro atoms. The number of nitrogens with one attached hydrogen (secondary N) is 1. The Morgan fingerprint density at radius 2 is 1.94 bits per heavy atom. The van der Waals surface area contributed by atoms with Gasteiger partial charge in [-0.3, -0.25) is 9.69 Å². The van der Waals surface area contributed by atoms with Crippen molar-refractivity contribution < 1.29 is 22.8 Å². The summed E-state index contributed by atoms with van der Waals surface area (Å²) < 4.78 is 38.5. The molecule has 3 heterocycles. The first-order valence-corrected chi connectivity index (χ1v) is 10.8. The van der Waals surface area contributed by atoms with Crippen LogP contribution in [0.1, 0.15) is 38.2 Å². The van der Waals surface area contributed by atoms with Gasteiger partial charge in [0.25, 0.3) is 5.91 Å². The SMILES string of the molecule is C[C@H]1CCCC[C@]12NC(=O)N(CN1CCN(c3ncc(C(F)(F)F)cc3Cl)CC1)C2=O. The number of hydrogen-bond donors (Lipinski definition) is 1. The van der Waals surface area contributed by atoms with Crippen LogP contribution in [0.25, 0.3) is 0 Å². The van der Waals surface area contributed by atoms with E-state index in [0.29, 0.717) is 38.4 Å². The molecule has 2 atom stereocenters. The third-order valence-corrected chi connectivity index (χ3v) is 6.94. The van der Waals surface area contributed by atoms with Crippen LogP contribution < -0.4 is 10.2 Å². The smallest absolute Gasteiger partial charge is 0.353 e. The number of hydrogen-bond acceptors (Lipinski definition) is 5. The zero-order chi connectivity index (χ0) is 22.4. The van der Waals surface area contributed by atoms with Gasteiger partial charge in [0.05, 0.1) is 17.3 Å². The molecule has 1 aromatic heterocycles. The van der Waals surface area contributed by atoms with Crippen LogP contribution in [-0.2, 0) is 11.0 Å². The molecule has 2 saturated heterocycles. The molecule has 3 fully saturated rings. The minimum absolute atomic E-state index is 0.0504. The highest BCUT2D eigenvalue weighted by atomic mass is 35.5. The van der Waals surface area contributed by atoms with Crippen molar-refractivity contribution in [1.82, 2.24) is 20.1 Å². The molecular weight excluding hydrogens is 435 g/mol. The van der Waals surface area contributed by atoms with Crippen molar-refractivity contribution >= 4 is 29.4 Å². The van der Waals surface area contributed by atoms with Gasteiger partial charge in [-0.25, -0.2) is 14.7 Å². The van der Waals surface area contributed by atoms with Gasteiger partial charge >= 0.3 is 12.2 Å². The maximum atomic E-state index is 13.1. The second-order valence-corrected chi connectivity index (χ2v) is 8.96. The number of carbonyl (C=O) groups excluding carboxylic acids is 2. The number of carbonyl (C=O) groups is 2. The Balaban J connectivity index is 1.38. The predicted molar refractivity (Wildman–Crippen MR) is 109 cm³/mol. The molecule has 170 valence electrons. The van der Waals surface area contributed by atoms with Crippen LogP contribution in [0.2, 0.25) is 5.02 Å². The largest absolute Gasteiger partial charge is 0.417 e. The third-order valence-electron chi connectivity index (χ3n) is 6.66. The quantitative estimate of drug-likeness (QED) is 0.702. The third kappa shape index (κ3) is 4.07. The average Bonchev–Trinajstić information content (AvgIpc) is 2.95. The van der Waals surface area contributed by atoms with Gasteiger partial charge in [0.15, 0.2) is 0 Å². The van der Waals surface area contributed by atoms with Crippen LogP contribution in [0.5, 0.6) is 0 Å². The van der Waals surface area contributed by atoms with Gasteiger partial charge in [-0.1, -0.05) is 31.4 Å². The highest BCUT2D eigenvalue weighted by molar-refractivity contribution is 6.33. The molecule has 4 rings (SSSR count). The molecule has 31 heavy (non-hydrogen) atoms. The average molecular weight is 460 g/mol. The molecule has 1 aliphatic carbocycles. The number of halogens is 4. The van der Waals surface area contributed by atoms with Crippen LogP contribution in [0.15, 0.2) is 12.3 Å². The van der Waals surface area contributed by atoms with Gasteiger partial charge in [-0.05, 0) is 24.8 Å². The summed E-state index contributed by atoms with van der Waals surface area (Å²) in [5.74, 6) is 0.256. The molecule has 1 saturated carbocycles. The van der Waals surface area contributed by atoms with E-state index in [9.17, 15) is 22.8 Å². The molecule has 0 unspecified atom stereocenters. The normalized spacial score (nSPS) is 27.8. The number of anilines is 1. The number of amides is 3. The van der Waals surface area contributed by atoms with Crippen molar-refractivity contribution in [1.29, 1.82) is 0 Å². The summed E-state index contributed by atoms with van der Waals surface area (Å²) in [5, 5.41) is 2.90. The van der Waals surface area contributed by atoms with Gasteiger partial charge in [0, 0.05) is 32.4 Å². The van der Waals surface area contributed by atoms with Crippen LogP contribution in [0.4, 0.5) is 23.8 Å². The fraction of sp³-hybridized carbons (Fsp3) is 0.650. The lowest BCUT2D eigenvalue weighted by Gasteiger charge is -2.38. The van der Waals surface area contributed by atoms with Crippen LogP contribution >= 0.6 is 11.6 Å². The highest BCUT2D eigenvalue weighted by Crippen LogP contribution is 2.38. The van der Waals surface area contributed by atoms with Crippen molar-refractivity contribution in [3.8, 4) is 0 Å². The number of pyridine rings is 1. The van der Waals surface area contributed by atoms with Gasteiger partial charge in [0.2, 0.25) is 0 Å². The summed E-state index contributed by atoms with van der Waals surface area (Å²) in [5.41, 5.74) is -1.67. The number of urea groups is 1. The Kier molecular flexibility index (Phi) is 5.80. The van der Waals surface area contributed by atoms with E-state index >= 15 is 0 Å². The maximum absolute atomic E-state index is 13.1. The van der Waals surface area contributed by atoms with E-state index in [0.717, 1.165) is 31.5 Å². The molecule has 3 amide bonds. The minimum Gasteiger partial charge on any atom is -0.353 e. The highest BCUT2D eigenvalue weighted by Gasteiger charge is 2.55. The number of nitrogens with zero attached hydrogens (tertiary/aromatic N) is 4. The lowest BCUT2D eigenvalue weighted by molar-refractivity contribution is -0.138. The minimum atomic E-state index is -4.50. The molecule has 0 aromatic carbocycles. The Labute approximate surface area is 183 Å². The van der Waals surface area contributed by atoms with Crippen molar-refractivity contribution in [2.45, 2.75) is 44.3 Å². The monoisotopic (exact) mass is 459 g/mol. The number of imide groups is 1. The second kappa shape index (κ2) is 8.12. The first-order chi connectivity index (χ1) is 14.6. The van der Waals surface area contributed by atoms with Crippen molar-refractivity contribution in [3.05, 3.63) is 22.8 Å². The number of rotatable bonds is 3. The van der Waals surface area contributed by atoms with E-state index in [-0.39, 0.29) is 29.5 Å². The molecular formula is C20H25ClF3N5O2. The summed E-state index contributed by atoms with van der Waals surface area (Å²) in [4.78, 5) is 34.7. The van der Waals surface area contributed by atoms with Crippen LogP contribution in [-0.4, -0.2) is 65.1 Å². The first-order valence-electron chi connectivity index (χ1n) is 10.5. The molecule has 11 heteroatoms. The van der Waals surface area contributed by atoms with Crippen LogP contribution in [0.3, 0.4) is 0 Å². The molecule has 2 aliphatic heterocycles. The molecule has 1 aromatic rings. The van der Waals surface area contributed by atoms with Crippen molar-refractivity contribution in [2.24, 2.45) is 5.92 Å². The Morgan fingerprint density at radius 1 is 1.23 bits per heavy atom. The van der Waals surface area contributed by atoms with Gasteiger partial charge in [-0.2, -0.15) is 13.2 Å². The predicted octanol–water partition coefficient (Wildman–Crippen LogP) is 3.33. The van der Waals surface area contributed by atoms with E-state index < -0.39 is 17.3 Å². The standard InChI is InChI=1S/C20H25ClF3N5O2/c1-13-4-2-3-5-19(13)17(30)29(18(31)26-19)12-27-6-8-28(9-7-27)16-15(21)10-14(11-25-16)20(22,23)24/h10-11,13H,2-9,12H2,1H3,(H,26,31)/t13-,19-/m0/s1. The zero-order valence-electron chi connectivity index (χ0n) is 17.2. The summed E-state index contributed by atoms with van der Waals surface area (Å²) in [6.07, 6.45) is -0.144. The summed E-state index contributed by atoms with van der Waals surface area (Å²) in [6.45, 7) is 4.21. The topological polar surface area (TPSA) is 68.8 Å².